The second-order valence-corrected chi connectivity index (χ2v) is 5.90. The van der Waals surface area contributed by atoms with E-state index in [2.05, 4.69) is 31.2 Å². The van der Waals surface area contributed by atoms with E-state index in [0.29, 0.717) is 12.8 Å². The summed E-state index contributed by atoms with van der Waals surface area (Å²) in [5.74, 6) is 0. The molecule has 0 aromatic heterocycles. The van der Waals surface area contributed by atoms with E-state index in [4.69, 9.17) is 11.6 Å². The summed E-state index contributed by atoms with van der Waals surface area (Å²) in [6.45, 7) is 3.94. The van der Waals surface area contributed by atoms with Gasteiger partial charge in [0.15, 0.2) is 0 Å². The summed E-state index contributed by atoms with van der Waals surface area (Å²) in [5.41, 5.74) is 2.75. The van der Waals surface area contributed by atoms with E-state index in [1.54, 1.807) is 0 Å². The summed E-state index contributed by atoms with van der Waals surface area (Å²) >= 11 is 5.86. The van der Waals surface area contributed by atoms with E-state index >= 15 is 0 Å². The van der Waals surface area contributed by atoms with Crippen LogP contribution in [0.1, 0.15) is 23.6 Å². The van der Waals surface area contributed by atoms with Crippen molar-refractivity contribution in [3.05, 3.63) is 70.2 Å². The number of benzene rings is 2. The van der Waals surface area contributed by atoms with Gasteiger partial charge in [0.25, 0.3) is 0 Å². The Bertz CT molecular complexity index is 477. The van der Waals surface area contributed by atoms with Crippen molar-refractivity contribution >= 4 is 11.6 Å². The van der Waals surface area contributed by atoms with Gasteiger partial charge >= 0.3 is 0 Å². The van der Waals surface area contributed by atoms with Gasteiger partial charge in [-0.2, -0.15) is 0 Å². The zero-order valence-electron chi connectivity index (χ0n) is 11.4. The summed E-state index contributed by atoms with van der Waals surface area (Å²) in [7, 11) is 0. The number of hydrogen-bond donors (Lipinski definition) is 1. The van der Waals surface area contributed by atoms with E-state index in [-0.39, 0.29) is 0 Å². The van der Waals surface area contributed by atoms with Crippen molar-refractivity contribution in [3.8, 4) is 0 Å². The second kappa shape index (κ2) is 5.77. The molecule has 0 aliphatic carbocycles. The quantitative estimate of drug-likeness (QED) is 0.887. The summed E-state index contributed by atoms with van der Waals surface area (Å²) in [6, 6.07) is 16.0. The molecule has 0 aliphatic heterocycles. The van der Waals surface area contributed by atoms with Gasteiger partial charge in [-0.1, -0.05) is 53.6 Å². The van der Waals surface area contributed by atoms with Gasteiger partial charge in [-0.25, -0.2) is 0 Å². The molecule has 0 saturated carbocycles. The molecule has 0 fully saturated rings. The molecular weight excluding hydrogens is 256 g/mol. The third kappa shape index (κ3) is 4.38. The lowest BCUT2D eigenvalue weighted by Crippen LogP contribution is -2.30. The molecule has 1 nitrogen and oxygen atoms in total. The summed E-state index contributed by atoms with van der Waals surface area (Å²) in [5, 5.41) is 11.3. The molecule has 1 atom stereocenters. The first-order chi connectivity index (χ1) is 8.94. The van der Waals surface area contributed by atoms with E-state index in [9.17, 15) is 5.11 Å². The highest BCUT2D eigenvalue weighted by Gasteiger charge is 2.21. The van der Waals surface area contributed by atoms with E-state index < -0.39 is 5.60 Å². The summed E-state index contributed by atoms with van der Waals surface area (Å²) < 4.78 is 0. The minimum absolute atomic E-state index is 0.623. The van der Waals surface area contributed by atoms with Crippen LogP contribution in [-0.2, 0) is 12.8 Å². The number of aliphatic hydroxyl groups is 1. The molecule has 2 aromatic rings. The Morgan fingerprint density at radius 2 is 1.32 bits per heavy atom. The van der Waals surface area contributed by atoms with Gasteiger partial charge in [-0.3, -0.25) is 0 Å². The molecule has 2 aromatic carbocycles. The standard InChI is InChI=1S/C17H19ClO/c1-13-3-5-14(6-4-13)11-17(2,19)12-15-7-9-16(18)10-8-15/h3-10,19H,11-12H2,1-2H3. The minimum Gasteiger partial charge on any atom is -0.389 e. The van der Waals surface area contributed by atoms with Crippen LogP contribution in [0.3, 0.4) is 0 Å². The monoisotopic (exact) mass is 274 g/mol. The molecule has 2 rings (SSSR count). The fourth-order valence-corrected chi connectivity index (χ4v) is 2.38. The zero-order valence-corrected chi connectivity index (χ0v) is 12.1. The Hall–Kier alpha value is -1.31. The van der Waals surface area contributed by atoms with Crippen molar-refractivity contribution in [2.24, 2.45) is 0 Å². The van der Waals surface area contributed by atoms with Gasteiger partial charge in [0, 0.05) is 17.9 Å². The number of aryl methyl sites for hydroxylation is 1. The third-order valence-electron chi connectivity index (χ3n) is 3.20. The van der Waals surface area contributed by atoms with Crippen molar-refractivity contribution in [1.29, 1.82) is 0 Å². The molecule has 100 valence electrons. The average Bonchev–Trinajstić information content (AvgIpc) is 2.34. The van der Waals surface area contributed by atoms with Gasteiger partial charge in [0.2, 0.25) is 0 Å². The van der Waals surface area contributed by atoms with Crippen LogP contribution < -0.4 is 0 Å². The van der Waals surface area contributed by atoms with Crippen LogP contribution in [0.25, 0.3) is 0 Å². The molecule has 1 N–H and O–H groups in total. The fraction of sp³-hybridized carbons (Fsp3) is 0.294. The first-order valence-electron chi connectivity index (χ1n) is 6.47. The summed E-state index contributed by atoms with van der Waals surface area (Å²) in [4.78, 5) is 0. The SMILES string of the molecule is Cc1ccc(CC(C)(O)Cc2ccc(Cl)cc2)cc1. The van der Waals surface area contributed by atoms with Crippen LogP contribution in [0.15, 0.2) is 48.5 Å². The molecule has 0 amide bonds. The molecule has 0 bridgehead atoms. The maximum absolute atomic E-state index is 10.5. The van der Waals surface area contributed by atoms with Crippen LogP contribution in [0.2, 0.25) is 5.02 Å². The molecule has 1 unspecified atom stereocenters. The lowest BCUT2D eigenvalue weighted by molar-refractivity contribution is 0.0608. The topological polar surface area (TPSA) is 20.2 Å². The van der Waals surface area contributed by atoms with Crippen LogP contribution in [-0.4, -0.2) is 10.7 Å². The number of rotatable bonds is 4. The number of hydrogen-bond acceptors (Lipinski definition) is 1. The molecule has 0 heterocycles. The average molecular weight is 275 g/mol. The maximum atomic E-state index is 10.5. The normalized spacial score (nSPS) is 14.1. The molecule has 0 spiro atoms. The van der Waals surface area contributed by atoms with Crippen LogP contribution in [0, 0.1) is 6.92 Å². The van der Waals surface area contributed by atoms with Crippen LogP contribution in [0.4, 0.5) is 0 Å². The van der Waals surface area contributed by atoms with E-state index in [0.717, 1.165) is 16.1 Å². The van der Waals surface area contributed by atoms with Gasteiger partial charge in [-0.15, -0.1) is 0 Å². The van der Waals surface area contributed by atoms with Gasteiger partial charge < -0.3 is 5.11 Å². The van der Waals surface area contributed by atoms with Crippen molar-refractivity contribution in [2.45, 2.75) is 32.3 Å². The second-order valence-electron chi connectivity index (χ2n) is 5.46. The van der Waals surface area contributed by atoms with Crippen molar-refractivity contribution < 1.29 is 5.11 Å². The highest BCUT2D eigenvalue weighted by molar-refractivity contribution is 6.30. The predicted octanol–water partition coefficient (Wildman–Crippen LogP) is 4.18. The van der Waals surface area contributed by atoms with Gasteiger partial charge in [-0.05, 0) is 37.1 Å². The smallest absolute Gasteiger partial charge is 0.0700 e. The van der Waals surface area contributed by atoms with Crippen molar-refractivity contribution in [1.82, 2.24) is 0 Å². The van der Waals surface area contributed by atoms with E-state index in [1.165, 1.54) is 5.56 Å². The fourth-order valence-electron chi connectivity index (χ4n) is 2.25. The molecular formula is C17H19ClO. The van der Waals surface area contributed by atoms with Gasteiger partial charge in [0.1, 0.15) is 0 Å². The van der Waals surface area contributed by atoms with Crippen molar-refractivity contribution in [2.75, 3.05) is 0 Å². The molecule has 0 saturated heterocycles. The lowest BCUT2D eigenvalue weighted by Gasteiger charge is -2.23. The van der Waals surface area contributed by atoms with Crippen LogP contribution in [0.5, 0.6) is 0 Å². The van der Waals surface area contributed by atoms with E-state index in [1.807, 2.05) is 31.2 Å². The Labute approximate surface area is 119 Å². The third-order valence-corrected chi connectivity index (χ3v) is 3.46. The lowest BCUT2D eigenvalue weighted by atomic mass is 9.89. The van der Waals surface area contributed by atoms with Crippen LogP contribution >= 0.6 is 11.6 Å². The van der Waals surface area contributed by atoms with Crippen molar-refractivity contribution in [3.63, 3.8) is 0 Å². The Kier molecular flexibility index (Phi) is 4.28. The highest BCUT2D eigenvalue weighted by Crippen LogP contribution is 2.20. The molecule has 19 heavy (non-hydrogen) atoms. The minimum atomic E-state index is -0.747. The first kappa shape index (κ1) is 14.1. The Balaban J connectivity index is 2.05. The molecule has 0 radical (unpaired) electrons. The zero-order chi connectivity index (χ0) is 13.9. The molecule has 0 aliphatic rings. The first-order valence-corrected chi connectivity index (χ1v) is 6.85. The summed E-state index contributed by atoms with van der Waals surface area (Å²) in [6.07, 6.45) is 1.27. The maximum Gasteiger partial charge on any atom is 0.0700 e. The highest BCUT2D eigenvalue weighted by atomic mass is 35.5. The number of halogens is 1. The predicted molar refractivity (Wildman–Crippen MR) is 80.7 cm³/mol. The Morgan fingerprint density at radius 1 is 0.895 bits per heavy atom. The Morgan fingerprint density at radius 3 is 1.79 bits per heavy atom. The van der Waals surface area contributed by atoms with Gasteiger partial charge in [0.05, 0.1) is 5.60 Å². The molecule has 2 heteroatoms. The largest absolute Gasteiger partial charge is 0.389 e.